The summed E-state index contributed by atoms with van der Waals surface area (Å²) in [6.45, 7) is 4.55. The zero-order valence-corrected chi connectivity index (χ0v) is 15.0. The van der Waals surface area contributed by atoms with Crippen LogP contribution >= 0.6 is 11.8 Å². The van der Waals surface area contributed by atoms with Crippen LogP contribution in [0.15, 0.2) is 53.7 Å². The van der Waals surface area contributed by atoms with Gasteiger partial charge in [0.05, 0.1) is 0 Å². The molecule has 5 heteroatoms. The highest BCUT2D eigenvalue weighted by Gasteiger charge is 2.10. The Morgan fingerprint density at radius 3 is 2.50 bits per heavy atom. The van der Waals surface area contributed by atoms with Gasteiger partial charge in [-0.1, -0.05) is 59.8 Å². The lowest BCUT2D eigenvalue weighted by Crippen LogP contribution is -2.04. The third-order valence-corrected chi connectivity index (χ3v) is 4.96. The molecule has 0 spiro atoms. The Labute approximate surface area is 146 Å². The Bertz CT molecular complexity index is 812. The molecule has 0 fully saturated rings. The van der Waals surface area contributed by atoms with Crippen molar-refractivity contribution in [1.29, 1.82) is 0 Å². The summed E-state index contributed by atoms with van der Waals surface area (Å²) in [5.74, 6) is 2.59. The van der Waals surface area contributed by atoms with Crippen LogP contribution in [0.5, 0.6) is 5.75 Å². The first-order valence-corrected chi connectivity index (χ1v) is 8.87. The second kappa shape index (κ2) is 7.53. The SMILES string of the molecule is Cc1ccc(CSc2nnc(COc3ccccc3C)n2C)cc1. The molecule has 24 heavy (non-hydrogen) atoms. The smallest absolute Gasteiger partial charge is 0.191 e. The molecule has 0 radical (unpaired) electrons. The fraction of sp³-hybridized carbons (Fsp3) is 0.263. The number of hydrogen-bond donors (Lipinski definition) is 0. The van der Waals surface area contributed by atoms with Gasteiger partial charge in [0, 0.05) is 12.8 Å². The molecule has 0 N–H and O–H groups in total. The van der Waals surface area contributed by atoms with Crippen molar-refractivity contribution in [2.75, 3.05) is 0 Å². The van der Waals surface area contributed by atoms with E-state index < -0.39 is 0 Å². The first kappa shape index (κ1) is 16.6. The van der Waals surface area contributed by atoms with Gasteiger partial charge in [-0.15, -0.1) is 10.2 Å². The molecule has 0 aliphatic carbocycles. The molecule has 0 unspecified atom stereocenters. The maximum Gasteiger partial charge on any atom is 0.191 e. The van der Waals surface area contributed by atoms with Crippen LogP contribution in [-0.2, 0) is 19.4 Å². The van der Waals surface area contributed by atoms with E-state index in [9.17, 15) is 0 Å². The highest BCUT2D eigenvalue weighted by atomic mass is 32.2. The molecule has 4 nitrogen and oxygen atoms in total. The maximum atomic E-state index is 5.86. The number of nitrogens with zero attached hydrogens (tertiary/aromatic N) is 3. The molecule has 0 atom stereocenters. The maximum absolute atomic E-state index is 5.86. The van der Waals surface area contributed by atoms with Crippen molar-refractivity contribution in [3.8, 4) is 5.75 Å². The van der Waals surface area contributed by atoms with Crippen molar-refractivity contribution < 1.29 is 4.74 Å². The molecule has 0 aliphatic heterocycles. The minimum atomic E-state index is 0.416. The summed E-state index contributed by atoms with van der Waals surface area (Å²) in [5.41, 5.74) is 3.68. The van der Waals surface area contributed by atoms with Crippen molar-refractivity contribution in [1.82, 2.24) is 14.8 Å². The van der Waals surface area contributed by atoms with Gasteiger partial charge in [0.15, 0.2) is 11.0 Å². The van der Waals surface area contributed by atoms with Crippen molar-refractivity contribution in [3.05, 3.63) is 71.0 Å². The van der Waals surface area contributed by atoms with E-state index in [0.29, 0.717) is 6.61 Å². The molecule has 2 aromatic carbocycles. The second-order valence-electron chi connectivity index (χ2n) is 5.79. The average Bonchev–Trinajstić information content (AvgIpc) is 2.94. The lowest BCUT2D eigenvalue weighted by molar-refractivity contribution is 0.288. The molecule has 0 amide bonds. The first-order valence-electron chi connectivity index (χ1n) is 7.88. The quantitative estimate of drug-likeness (QED) is 0.628. The van der Waals surface area contributed by atoms with Gasteiger partial charge in [0.2, 0.25) is 0 Å². The van der Waals surface area contributed by atoms with E-state index >= 15 is 0 Å². The molecule has 1 aromatic heterocycles. The molecule has 3 aromatic rings. The third-order valence-electron chi connectivity index (χ3n) is 3.86. The highest BCUT2D eigenvalue weighted by Crippen LogP contribution is 2.22. The Hall–Kier alpha value is -2.27. The van der Waals surface area contributed by atoms with Crippen molar-refractivity contribution >= 4 is 11.8 Å². The van der Waals surface area contributed by atoms with E-state index in [4.69, 9.17) is 4.74 Å². The van der Waals surface area contributed by atoms with Gasteiger partial charge < -0.3 is 9.30 Å². The van der Waals surface area contributed by atoms with Crippen molar-refractivity contribution in [2.24, 2.45) is 7.05 Å². The lowest BCUT2D eigenvalue weighted by Gasteiger charge is -2.08. The topological polar surface area (TPSA) is 39.9 Å². The molecular formula is C19H21N3OS. The average molecular weight is 339 g/mol. The monoisotopic (exact) mass is 339 g/mol. The van der Waals surface area contributed by atoms with E-state index in [1.54, 1.807) is 11.8 Å². The minimum absolute atomic E-state index is 0.416. The van der Waals surface area contributed by atoms with E-state index in [1.165, 1.54) is 11.1 Å². The van der Waals surface area contributed by atoms with Gasteiger partial charge in [-0.25, -0.2) is 0 Å². The van der Waals surface area contributed by atoms with E-state index in [-0.39, 0.29) is 0 Å². The standard InChI is InChI=1S/C19H21N3OS/c1-14-8-10-16(11-9-14)13-24-19-21-20-18(22(19)3)12-23-17-7-5-4-6-15(17)2/h4-11H,12-13H2,1-3H3. The predicted molar refractivity (Wildman–Crippen MR) is 97.3 cm³/mol. The second-order valence-corrected chi connectivity index (χ2v) is 6.73. The molecule has 124 valence electrons. The molecule has 3 rings (SSSR count). The van der Waals surface area contributed by atoms with Crippen LogP contribution in [0.1, 0.15) is 22.5 Å². The number of aromatic nitrogens is 3. The Morgan fingerprint density at radius 1 is 1.00 bits per heavy atom. The van der Waals surface area contributed by atoms with Gasteiger partial charge in [-0.05, 0) is 31.0 Å². The fourth-order valence-corrected chi connectivity index (χ4v) is 3.18. The van der Waals surface area contributed by atoms with Crippen molar-refractivity contribution in [3.63, 3.8) is 0 Å². The van der Waals surface area contributed by atoms with Crippen LogP contribution < -0.4 is 4.74 Å². The fourth-order valence-electron chi connectivity index (χ4n) is 2.29. The zero-order chi connectivity index (χ0) is 16.9. The number of aryl methyl sites for hydroxylation is 2. The summed E-state index contributed by atoms with van der Waals surface area (Å²) >= 11 is 1.69. The van der Waals surface area contributed by atoms with Crippen LogP contribution in [0.4, 0.5) is 0 Å². The van der Waals surface area contributed by atoms with E-state index in [0.717, 1.165) is 28.0 Å². The van der Waals surface area contributed by atoms with Crippen LogP contribution in [0.3, 0.4) is 0 Å². The third kappa shape index (κ3) is 3.97. The molecule has 0 saturated heterocycles. The first-order chi connectivity index (χ1) is 11.6. The summed E-state index contributed by atoms with van der Waals surface area (Å²) in [4.78, 5) is 0. The van der Waals surface area contributed by atoms with E-state index in [2.05, 4.69) is 41.4 Å². The normalized spacial score (nSPS) is 10.8. The van der Waals surface area contributed by atoms with E-state index in [1.807, 2.05) is 42.8 Å². The summed E-state index contributed by atoms with van der Waals surface area (Å²) in [7, 11) is 1.98. The number of rotatable bonds is 6. The van der Waals surface area contributed by atoms with Gasteiger partial charge in [0.1, 0.15) is 12.4 Å². The summed E-state index contributed by atoms with van der Waals surface area (Å²) < 4.78 is 7.86. The molecule has 0 bridgehead atoms. The van der Waals surface area contributed by atoms with Crippen LogP contribution in [0.2, 0.25) is 0 Å². The van der Waals surface area contributed by atoms with Crippen LogP contribution in [0, 0.1) is 13.8 Å². The van der Waals surface area contributed by atoms with Gasteiger partial charge >= 0.3 is 0 Å². The number of para-hydroxylation sites is 1. The minimum Gasteiger partial charge on any atom is -0.485 e. The lowest BCUT2D eigenvalue weighted by atomic mass is 10.2. The predicted octanol–water partition coefficient (Wildman–Crippen LogP) is 4.30. The highest BCUT2D eigenvalue weighted by molar-refractivity contribution is 7.98. The summed E-state index contributed by atoms with van der Waals surface area (Å²) in [5, 5.41) is 9.43. The van der Waals surface area contributed by atoms with Gasteiger partial charge in [-0.3, -0.25) is 0 Å². The molecule has 0 saturated carbocycles. The Balaban J connectivity index is 1.61. The number of thioether (sulfide) groups is 1. The summed E-state index contributed by atoms with van der Waals surface area (Å²) in [6.07, 6.45) is 0. The molecule has 0 aliphatic rings. The number of ether oxygens (including phenoxy) is 1. The zero-order valence-electron chi connectivity index (χ0n) is 14.2. The van der Waals surface area contributed by atoms with Gasteiger partial charge in [-0.2, -0.15) is 0 Å². The largest absolute Gasteiger partial charge is 0.485 e. The van der Waals surface area contributed by atoms with Gasteiger partial charge in [0.25, 0.3) is 0 Å². The Kier molecular flexibility index (Phi) is 5.20. The number of hydrogen-bond acceptors (Lipinski definition) is 4. The summed E-state index contributed by atoms with van der Waals surface area (Å²) in [6, 6.07) is 16.6. The molecule has 1 heterocycles. The van der Waals surface area contributed by atoms with Crippen LogP contribution in [-0.4, -0.2) is 14.8 Å². The number of benzene rings is 2. The Morgan fingerprint density at radius 2 is 1.75 bits per heavy atom. The van der Waals surface area contributed by atoms with Crippen LogP contribution in [0.25, 0.3) is 0 Å². The molecular weight excluding hydrogens is 318 g/mol. The van der Waals surface area contributed by atoms with Crippen molar-refractivity contribution in [2.45, 2.75) is 31.4 Å².